The van der Waals surface area contributed by atoms with Gasteiger partial charge >= 0.3 is 0 Å². The second-order valence-electron chi connectivity index (χ2n) is 4.43. The Morgan fingerprint density at radius 1 is 1.05 bits per heavy atom. The van der Waals surface area contributed by atoms with Crippen LogP contribution < -0.4 is 9.47 Å². The molecule has 2 aromatic rings. The van der Waals surface area contributed by atoms with E-state index in [-0.39, 0.29) is 5.56 Å². The van der Waals surface area contributed by atoms with E-state index in [0.717, 1.165) is 5.56 Å². The highest BCUT2D eigenvalue weighted by molar-refractivity contribution is 5.44. The number of benzene rings is 2. The summed E-state index contributed by atoms with van der Waals surface area (Å²) in [6.45, 7) is 0. The van der Waals surface area contributed by atoms with E-state index in [0.29, 0.717) is 17.9 Å². The molecule has 4 heteroatoms. The van der Waals surface area contributed by atoms with E-state index in [4.69, 9.17) is 9.47 Å². The first-order valence-electron chi connectivity index (χ1n) is 6.29. The van der Waals surface area contributed by atoms with Crippen LogP contribution in [0.3, 0.4) is 0 Å². The predicted molar refractivity (Wildman–Crippen MR) is 74.6 cm³/mol. The van der Waals surface area contributed by atoms with Crippen LogP contribution in [0.5, 0.6) is 11.5 Å². The lowest BCUT2D eigenvalue weighted by atomic mass is 10.0. The molecule has 0 aliphatic heterocycles. The number of hydrogen-bond acceptors (Lipinski definition) is 3. The third-order valence-corrected chi connectivity index (χ3v) is 3.13. The average Bonchev–Trinajstić information content (AvgIpc) is 2.47. The van der Waals surface area contributed by atoms with Crippen molar-refractivity contribution in [2.24, 2.45) is 0 Å². The van der Waals surface area contributed by atoms with Crippen molar-refractivity contribution in [3.8, 4) is 11.5 Å². The molecule has 1 unspecified atom stereocenters. The van der Waals surface area contributed by atoms with Gasteiger partial charge in [0.05, 0.1) is 20.3 Å². The molecule has 0 aliphatic carbocycles. The van der Waals surface area contributed by atoms with Crippen LogP contribution in [0, 0.1) is 5.82 Å². The molecule has 2 aromatic carbocycles. The molecule has 2 rings (SSSR count). The van der Waals surface area contributed by atoms with Crippen molar-refractivity contribution in [1.29, 1.82) is 0 Å². The predicted octanol–water partition coefficient (Wildman–Crippen LogP) is 3.12. The summed E-state index contributed by atoms with van der Waals surface area (Å²) in [5, 5.41) is 10.2. The van der Waals surface area contributed by atoms with E-state index in [9.17, 15) is 9.50 Å². The molecule has 0 saturated heterocycles. The molecule has 1 N–H and O–H groups in total. The summed E-state index contributed by atoms with van der Waals surface area (Å²) < 4.78 is 24.2. The Kier molecular flexibility index (Phi) is 4.58. The Morgan fingerprint density at radius 3 is 2.25 bits per heavy atom. The van der Waals surface area contributed by atoms with Crippen molar-refractivity contribution in [3.05, 3.63) is 59.4 Å². The van der Waals surface area contributed by atoms with Gasteiger partial charge in [-0.2, -0.15) is 0 Å². The Morgan fingerprint density at radius 2 is 1.65 bits per heavy atom. The SMILES string of the molecule is COc1cc(F)c(C(O)Cc2ccccc2)cc1OC. The topological polar surface area (TPSA) is 38.7 Å². The maximum absolute atomic E-state index is 14.0. The van der Waals surface area contributed by atoms with Crippen LogP contribution in [0.1, 0.15) is 17.2 Å². The lowest BCUT2D eigenvalue weighted by Crippen LogP contribution is -2.05. The second-order valence-corrected chi connectivity index (χ2v) is 4.43. The second kappa shape index (κ2) is 6.39. The molecular formula is C16H17FO3. The summed E-state index contributed by atoms with van der Waals surface area (Å²) in [6, 6.07) is 12.1. The molecule has 0 bridgehead atoms. The first-order valence-corrected chi connectivity index (χ1v) is 6.29. The first-order chi connectivity index (χ1) is 9.65. The maximum atomic E-state index is 14.0. The minimum atomic E-state index is -0.933. The maximum Gasteiger partial charge on any atom is 0.163 e. The fraction of sp³-hybridized carbons (Fsp3) is 0.250. The number of methoxy groups -OCH3 is 2. The summed E-state index contributed by atoms with van der Waals surface area (Å²) in [5.74, 6) is 0.197. The third-order valence-electron chi connectivity index (χ3n) is 3.13. The molecule has 20 heavy (non-hydrogen) atoms. The van der Waals surface area contributed by atoms with E-state index >= 15 is 0 Å². The molecule has 0 saturated carbocycles. The van der Waals surface area contributed by atoms with Gasteiger partial charge in [-0.15, -0.1) is 0 Å². The zero-order valence-corrected chi connectivity index (χ0v) is 11.5. The number of ether oxygens (including phenoxy) is 2. The average molecular weight is 276 g/mol. The van der Waals surface area contributed by atoms with Gasteiger partial charge in [-0.1, -0.05) is 30.3 Å². The Bertz CT molecular complexity index is 569. The number of aliphatic hydroxyl groups is 1. The monoisotopic (exact) mass is 276 g/mol. The van der Waals surface area contributed by atoms with Gasteiger partial charge in [0.1, 0.15) is 5.82 Å². The minimum absolute atomic E-state index is 0.200. The highest BCUT2D eigenvalue weighted by Crippen LogP contribution is 2.33. The molecule has 3 nitrogen and oxygen atoms in total. The molecular weight excluding hydrogens is 259 g/mol. The first kappa shape index (κ1) is 14.3. The highest BCUT2D eigenvalue weighted by atomic mass is 19.1. The molecule has 0 spiro atoms. The van der Waals surface area contributed by atoms with Crippen LogP contribution in [-0.4, -0.2) is 19.3 Å². The normalized spacial score (nSPS) is 12.0. The van der Waals surface area contributed by atoms with E-state index < -0.39 is 11.9 Å². The summed E-state index contributed by atoms with van der Waals surface area (Å²) in [6.07, 6.45) is -0.593. The molecule has 0 aromatic heterocycles. The smallest absolute Gasteiger partial charge is 0.163 e. The standard InChI is InChI=1S/C16H17FO3/c1-19-15-9-12(13(17)10-16(15)20-2)14(18)8-11-6-4-3-5-7-11/h3-7,9-10,14,18H,8H2,1-2H3. The molecule has 106 valence electrons. The van der Waals surface area contributed by atoms with Crippen LogP contribution >= 0.6 is 0 Å². The van der Waals surface area contributed by atoms with E-state index in [1.54, 1.807) is 0 Å². The molecule has 0 radical (unpaired) electrons. The molecule has 0 aliphatic rings. The van der Waals surface area contributed by atoms with Gasteiger partial charge in [0, 0.05) is 18.1 Å². The fourth-order valence-electron chi connectivity index (χ4n) is 2.07. The van der Waals surface area contributed by atoms with Crippen LogP contribution in [0.2, 0.25) is 0 Å². The summed E-state index contributed by atoms with van der Waals surface area (Å²) in [5.41, 5.74) is 1.14. The van der Waals surface area contributed by atoms with Crippen molar-refractivity contribution >= 4 is 0 Å². The lowest BCUT2D eigenvalue weighted by molar-refractivity contribution is 0.173. The molecule has 0 fully saturated rings. The Hall–Kier alpha value is -2.07. The van der Waals surface area contributed by atoms with Gasteiger partial charge in [0.25, 0.3) is 0 Å². The minimum Gasteiger partial charge on any atom is -0.493 e. The largest absolute Gasteiger partial charge is 0.493 e. The van der Waals surface area contributed by atoms with Crippen molar-refractivity contribution in [1.82, 2.24) is 0 Å². The zero-order valence-electron chi connectivity index (χ0n) is 11.5. The van der Waals surface area contributed by atoms with E-state index in [2.05, 4.69) is 0 Å². The van der Waals surface area contributed by atoms with Crippen molar-refractivity contribution in [2.75, 3.05) is 14.2 Å². The van der Waals surface area contributed by atoms with Crippen LogP contribution in [-0.2, 0) is 6.42 Å². The molecule has 0 amide bonds. The van der Waals surface area contributed by atoms with Crippen molar-refractivity contribution in [3.63, 3.8) is 0 Å². The third kappa shape index (κ3) is 3.08. The van der Waals surface area contributed by atoms with Gasteiger partial charge in [-0.05, 0) is 11.6 Å². The highest BCUT2D eigenvalue weighted by Gasteiger charge is 2.17. The quantitative estimate of drug-likeness (QED) is 0.912. The number of halogens is 1. The van der Waals surface area contributed by atoms with Gasteiger partial charge in [0.15, 0.2) is 11.5 Å². The van der Waals surface area contributed by atoms with Gasteiger partial charge in [-0.25, -0.2) is 4.39 Å². The van der Waals surface area contributed by atoms with Crippen LogP contribution in [0.15, 0.2) is 42.5 Å². The van der Waals surface area contributed by atoms with Crippen LogP contribution in [0.4, 0.5) is 4.39 Å². The van der Waals surface area contributed by atoms with Crippen molar-refractivity contribution < 1.29 is 19.0 Å². The zero-order chi connectivity index (χ0) is 14.5. The number of hydrogen-bond donors (Lipinski definition) is 1. The summed E-state index contributed by atoms with van der Waals surface area (Å²) in [7, 11) is 2.92. The summed E-state index contributed by atoms with van der Waals surface area (Å²) >= 11 is 0. The lowest BCUT2D eigenvalue weighted by Gasteiger charge is -2.15. The van der Waals surface area contributed by atoms with Gasteiger partial charge < -0.3 is 14.6 Å². The van der Waals surface area contributed by atoms with Crippen LogP contribution in [0.25, 0.3) is 0 Å². The van der Waals surface area contributed by atoms with Gasteiger partial charge in [0.2, 0.25) is 0 Å². The van der Waals surface area contributed by atoms with Gasteiger partial charge in [-0.3, -0.25) is 0 Å². The fourth-order valence-corrected chi connectivity index (χ4v) is 2.07. The Labute approximate surface area is 117 Å². The van der Waals surface area contributed by atoms with Crippen molar-refractivity contribution in [2.45, 2.75) is 12.5 Å². The van der Waals surface area contributed by atoms with E-state index in [1.807, 2.05) is 30.3 Å². The molecule has 0 heterocycles. The molecule has 1 atom stereocenters. The number of rotatable bonds is 5. The Balaban J connectivity index is 2.27. The number of aliphatic hydroxyl groups excluding tert-OH is 1. The summed E-state index contributed by atoms with van der Waals surface area (Å²) in [4.78, 5) is 0. The van der Waals surface area contributed by atoms with E-state index in [1.165, 1.54) is 26.4 Å².